The highest BCUT2D eigenvalue weighted by Crippen LogP contribution is 2.27. The summed E-state index contributed by atoms with van der Waals surface area (Å²) in [7, 11) is 0. The first-order valence-corrected chi connectivity index (χ1v) is 6.63. The molecule has 106 valence electrons. The number of halogens is 1. The van der Waals surface area contributed by atoms with E-state index in [1.165, 1.54) is 18.2 Å². The number of hydrogen-bond donors (Lipinski definition) is 1. The second kappa shape index (κ2) is 6.49. The van der Waals surface area contributed by atoms with E-state index in [0.717, 1.165) is 0 Å². The van der Waals surface area contributed by atoms with Crippen LogP contribution >= 0.6 is 0 Å². The Morgan fingerprint density at radius 1 is 1.40 bits per heavy atom. The van der Waals surface area contributed by atoms with E-state index >= 15 is 0 Å². The smallest absolute Gasteiger partial charge is 0.306 e. The van der Waals surface area contributed by atoms with Gasteiger partial charge in [0.15, 0.2) is 0 Å². The first-order valence-electron chi connectivity index (χ1n) is 6.63. The van der Waals surface area contributed by atoms with Gasteiger partial charge < -0.3 is 9.84 Å². The summed E-state index contributed by atoms with van der Waals surface area (Å²) in [5.41, 5.74) is 0.943. The monoisotopic (exact) mass is 277 g/mol. The Kier molecular flexibility index (Phi) is 4.70. The van der Waals surface area contributed by atoms with Gasteiger partial charge in [0.1, 0.15) is 5.82 Å². The van der Waals surface area contributed by atoms with Crippen molar-refractivity contribution >= 4 is 5.97 Å². The Morgan fingerprint density at radius 2 is 2.10 bits per heavy atom. The maximum absolute atomic E-state index is 13.2. The van der Waals surface area contributed by atoms with Crippen LogP contribution < -0.4 is 0 Å². The number of hydrogen-bond acceptors (Lipinski definition) is 3. The zero-order chi connectivity index (χ0) is 14.5. The fourth-order valence-electron chi connectivity index (χ4n) is 2.47. The maximum Gasteiger partial charge on any atom is 0.306 e. The van der Waals surface area contributed by atoms with Crippen LogP contribution in [0.5, 0.6) is 0 Å². The van der Waals surface area contributed by atoms with E-state index in [0.29, 0.717) is 36.8 Å². The Hall–Kier alpha value is -1.93. The number of nitriles is 1. The highest BCUT2D eigenvalue weighted by molar-refractivity contribution is 5.70. The Labute approximate surface area is 116 Å². The van der Waals surface area contributed by atoms with Crippen LogP contribution in [0.1, 0.15) is 36.8 Å². The molecule has 0 radical (unpaired) electrons. The standard InChI is InChI=1S/C15H16FNO3/c16-13-4-1-11(8-17)12(7-13)9-20-14-5-2-10(3-6-14)15(18)19/h1,4,7,10,14H,2-3,5-6,9H2,(H,18,19). The van der Waals surface area contributed by atoms with Crippen molar-refractivity contribution < 1.29 is 19.0 Å². The second-order valence-electron chi connectivity index (χ2n) is 5.04. The van der Waals surface area contributed by atoms with Gasteiger partial charge in [-0.15, -0.1) is 0 Å². The molecule has 0 bridgehead atoms. The molecule has 0 atom stereocenters. The lowest BCUT2D eigenvalue weighted by molar-refractivity contribution is -0.143. The zero-order valence-electron chi connectivity index (χ0n) is 11.0. The van der Waals surface area contributed by atoms with Crippen LogP contribution in [0.4, 0.5) is 4.39 Å². The zero-order valence-corrected chi connectivity index (χ0v) is 11.0. The lowest BCUT2D eigenvalue weighted by atomic mass is 9.87. The second-order valence-corrected chi connectivity index (χ2v) is 5.04. The van der Waals surface area contributed by atoms with E-state index in [4.69, 9.17) is 15.1 Å². The summed E-state index contributed by atoms with van der Waals surface area (Å²) in [5.74, 6) is -1.42. The summed E-state index contributed by atoms with van der Waals surface area (Å²) >= 11 is 0. The lowest BCUT2D eigenvalue weighted by Gasteiger charge is -2.26. The van der Waals surface area contributed by atoms with Gasteiger partial charge in [-0.25, -0.2) is 4.39 Å². The summed E-state index contributed by atoms with van der Waals surface area (Å²) in [6.45, 7) is 0.184. The third-order valence-electron chi connectivity index (χ3n) is 3.69. The summed E-state index contributed by atoms with van der Waals surface area (Å²) < 4.78 is 18.8. The molecule has 1 saturated carbocycles. The van der Waals surface area contributed by atoms with Crippen LogP contribution in [-0.2, 0) is 16.1 Å². The lowest BCUT2D eigenvalue weighted by Crippen LogP contribution is -2.26. The van der Waals surface area contributed by atoms with Gasteiger partial charge in [-0.1, -0.05) is 0 Å². The molecule has 2 rings (SSSR count). The molecule has 0 saturated heterocycles. The minimum Gasteiger partial charge on any atom is -0.481 e. The van der Waals surface area contributed by atoms with E-state index < -0.39 is 11.8 Å². The normalized spacial score (nSPS) is 22.2. The van der Waals surface area contributed by atoms with Gasteiger partial charge >= 0.3 is 5.97 Å². The number of carbonyl (C=O) groups is 1. The van der Waals surface area contributed by atoms with E-state index in [1.807, 2.05) is 6.07 Å². The minimum absolute atomic E-state index is 0.0135. The fourth-order valence-corrected chi connectivity index (χ4v) is 2.47. The topological polar surface area (TPSA) is 70.3 Å². The molecule has 0 spiro atoms. The number of carboxylic acids is 1. The number of aliphatic carboxylic acids is 1. The number of nitrogens with zero attached hydrogens (tertiary/aromatic N) is 1. The van der Waals surface area contributed by atoms with Gasteiger partial charge in [0.2, 0.25) is 0 Å². The van der Waals surface area contributed by atoms with Crippen molar-refractivity contribution in [3.8, 4) is 6.07 Å². The highest BCUT2D eigenvalue weighted by Gasteiger charge is 2.26. The van der Waals surface area contributed by atoms with Crippen LogP contribution in [0.2, 0.25) is 0 Å². The van der Waals surface area contributed by atoms with Crippen molar-refractivity contribution in [3.63, 3.8) is 0 Å². The summed E-state index contributed by atoms with van der Waals surface area (Å²) in [5, 5.41) is 17.9. The van der Waals surface area contributed by atoms with E-state index in [9.17, 15) is 9.18 Å². The first kappa shape index (κ1) is 14.5. The van der Waals surface area contributed by atoms with Gasteiger partial charge in [-0.05, 0) is 49.4 Å². The average Bonchev–Trinajstić information content (AvgIpc) is 2.45. The molecular formula is C15H16FNO3. The summed E-state index contributed by atoms with van der Waals surface area (Å²) in [6, 6.07) is 6.01. The van der Waals surface area contributed by atoms with Crippen molar-refractivity contribution in [2.45, 2.75) is 38.4 Å². The molecule has 1 aliphatic rings. The summed E-state index contributed by atoms with van der Waals surface area (Å²) in [4.78, 5) is 10.8. The molecule has 1 aliphatic carbocycles. The van der Waals surface area contributed by atoms with Gasteiger partial charge in [0.25, 0.3) is 0 Å². The molecular weight excluding hydrogens is 261 g/mol. The molecule has 1 aromatic carbocycles. The Bertz CT molecular complexity index is 530. The SMILES string of the molecule is N#Cc1ccc(F)cc1COC1CCC(C(=O)O)CC1. The van der Waals surface area contributed by atoms with Crippen molar-refractivity contribution in [2.24, 2.45) is 5.92 Å². The van der Waals surface area contributed by atoms with Crippen LogP contribution in [-0.4, -0.2) is 17.2 Å². The third kappa shape index (κ3) is 3.55. The molecule has 0 unspecified atom stereocenters. The van der Waals surface area contributed by atoms with E-state index in [1.54, 1.807) is 0 Å². The van der Waals surface area contributed by atoms with Crippen LogP contribution in [0.3, 0.4) is 0 Å². The quantitative estimate of drug-likeness (QED) is 0.918. The molecule has 4 nitrogen and oxygen atoms in total. The van der Waals surface area contributed by atoms with E-state index in [2.05, 4.69) is 0 Å². The van der Waals surface area contributed by atoms with Crippen LogP contribution in [0.15, 0.2) is 18.2 Å². The fraction of sp³-hybridized carbons (Fsp3) is 0.467. The molecule has 5 heteroatoms. The van der Waals surface area contributed by atoms with Crippen molar-refractivity contribution in [2.75, 3.05) is 0 Å². The minimum atomic E-state index is -0.750. The number of carboxylic acid groups (broad SMARTS) is 1. The van der Waals surface area contributed by atoms with E-state index in [-0.39, 0.29) is 18.6 Å². The van der Waals surface area contributed by atoms with Crippen molar-refractivity contribution in [1.82, 2.24) is 0 Å². The van der Waals surface area contributed by atoms with Gasteiger partial charge in [-0.2, -0.15) is 5.26 Å². The molecule has 1 fully saturated rings. The highest BCUT2D eigenvalue weighted by atomic mass is 19.1. The largest absolute Gasteiger partial charge is 0.481 e. The predicted molar refractivity (Wildman–Crippen MR) is 69.3 cm³/mol. The maximum atomic E-state index is 13.2. The molecule has 1 N–H and O–H groups in total. The number of rotatable bonds is 4. The molecule has 0 aliphatic heterocycles. The molecule has 0 heterocycles. The van der Waals surface area contributed by atoms with Gasteiger partial charge in [0, 0.05) is 0 Å². The van der Waals surface area contributed by atoms with Crippen LogP contribution in [0.25, 0.3) is 0 Å². The number of benzene rings is 1. The molecule has 0 amide bonds. The van der Waals surface area contributed by atoms with Crippen molar-refractivity contribution in [3.05, 3.63) is 35.1 Å². The van der Waals surface area contributed by atoms with Crippen LogP contribution in [0, 0.1) is 23.1 Å². The Morgan fingerprint density at radius 3 is 2.70 bits per heavy atom. The van der Waals surface area contributed by atoms with Gasteiger partial charge in [-0.3, -0.25) is 4.79 Å². The summed E-state index contributed by atoms with van der Waals surface area (Å²) in [6.07, 6.45) is 2.57. The van der Waals surface area contributed by atoms with Crippen molar-refractivity contribution in [1.29, 1.82) is 5.26 Å². The average molecular weight is 277 g/mol. The predicted octanol–water partition coefficient (Wildman–Crippen LogP) is 2.86. The molecule has 0 aromatic heterocycles. The Balaban J connectivity index is 1.89. The molecule has 20 heavy (non-hydrogen) atoms. The van der Waals surface area contributed by atoms with Gasteiger partial charge in [0.05, 0.1) is 30.3 Å². The molecule has 1 aromatic rings. The number of ether oxygens (including phenoxy) is 1. The first-order chi connectivity index (χ1) is 9.60. The third-order valence-corrected chi connectivity index (χ3v) is 3.69.